The van der Waals surface area contributed by atoms with E-state index in [2.05, 4.69) is 4.72 Å². The molecule has 0 unspecified atom stereocenters. The Labute approximate surface area is 125 Å². The summed E-state index contributed by atoms with van der Waals surface area (Å²) in [4.78, 5) is -0.0908. The zero-order chi connectivity index (χ0) is 15.6. The van der Waals surface area contributed by atoms with Crippen molar-refractivity contribution in [1.29, 1.82) is 0 Å². The lowest BCUT2D eigenvalue weighted by Gasteiger charge is -2.09. The first-order chi connectivity index (χ1) is 9.79. The number of hydrogen-bond acceptors (Lipinski definition) is 3. The molecule has 21 heavy (non-hydrogen) atoms. The summed E-state index contributed by atoms with van der Waals surface area (Å²) in [6, 6.07) is 6.73. The lowest BCUT2D eigenvalue weighted by molar-refractivity contribution is 0.562. The topological polar surface area (TPSA) is 72.2 Å². The van der Waals surface area contributed by atoms with Crippen molar-refractivity contribution < 1.29 is 17.2 Å². The molecule has 0 saturated heterocycles. The predicted octanol–water partition coefficient (Wildman–Crippen LogP) is 2.68. The van der Waals surface area contributed by atoms with E-state index < -0.39 is 21.7 Å². The van der Waals surface area contributed by atoms with Gasteiger partial charge in [0, 0.05) is 18.2 Å². The molecule has 0 aromatic heterocycles. The normalized spacial score (nSPS) is 11.6. The molecule has 0 radical (unpaired) electrons. The van der Waals surface area contributed by atoms with Crippen molar-refractivity contribution in [3.05, 3.63) is 58.6 Å². The summed E-state index contributed by atoms with van der Waals surface area (Å²) in [6.07, 6.45) is 0. The molecule has 4 nitrogen and oxygen atoms in total. The highest BCUT2D eigenvalue weighted by atomic mass is 35.5. The Kier molecular flexibility index (Phi) is 4.46. The molecule has 0 bridgehead atoms. The van der Waals surface area contributed by atoms with Gasteiger partial charge in [-0.2, -0.15) is 0 Å². The highest BCUT2D eigenvalue weighted by Gasteiger charge is 2.16. The fourth-order valence-electron chi connectivity index (χ4n) is 1.61. The number of rotatable bonds is 4. The van der Waals surface area contributed by atoms with Gasteiger partial charge in [-0.1, -0.05) is 17.7 Å². The Morgan fingerprint density at radius 1 is 1.14 bits per heavy atom. The van der Waals surface area contributed by atoms with Crippen LogP contribution in [-0.2, 0) is 16.6 Å². The highest BCUT2D eigenvalue weighted by Crippen LogP contribution is 2.22. The molecular weight excluding hydrogens is 322 g/mol. The second-order valence-electron chi connectivity index (χ2n) is 4.24. The van der Waals surface area contributed by atoms with E-state index in [-0.39, 0.29) is 27.7 Å². The van der Waals surface area contributed by atoms with E-state index >= 15 is 0 Å². The van der Waals surface area contributed by atoms with Crippen molar-refractivity contribution in [2.75, 3.05) is 5.73 Å². The lowest BCUT2D eigenvalue weighted by Crippen LogP contribution is -2.23. The molecule has 0 spiro atoms. The van der Waals surface area contributed by atoms with Crippen LogP contribution in [0.1, 0.15) is 5.56 Å². The summed E-state index contributed by atoms with van der Waals surface area (Å²) in [5.74, 6) is -1.56. The maximum absolute atomic E-state index is 13.4. The van der Waals surface area contributed by atoms with Crippen LogP contribution < -0.4 is 10.5 Å². The lowest BCUT2D eigenvalue weighted by atomic mass is 10.2. The van der Waals surface area contributed by atoms with E-state index in [0.29, 0.717) is 6.07 Å². The first-order valence-corrected chi connectivity index (χ1v) is 7.64. The molecule has 2 rings (SSSR count). The summed E-state index contributed by atoms with van der Waals surface area (Å²) in [5.41, 5.74) is 5.69. The summed E-state index contributed by atoms with van der Waals surface area (Å²) in [5, 5.41) is 0.235. The van der Waals surface area contributed by atoms with E-state index in [1.165, 1.54) is 24.3 Å². The van der Waals surface area contributed by atoms with Gasteiger partial charge in [0.15, 0.2) is 0 Å². The van der Waals surface area contributed by atoms with Crippen LogP contribution in [0.3, 0.4) is 0 Å². The van der Waals surface area contributed by atoms with Crippen LogP contribution in [0.5, 0.6) is 0 Å². The average Bonchev–Trinajstić information content (AvgIpc) is 2.40. The van der Waals surface area contributed by atoms with E-state index in [1.807, 2.05) is 0 Å². The van der Waals surface area contributed by atoms with Crippen molar-refractivity contribution in [3.63, 3.8) is 0 Å². The van der Waals surface area contributed by atoms with E-state index in [9.17, 15) is 17.2 Å². The quantitative estimate of drug-likeness (QED) is 0.845. The SMILES string of the molecule is Nc1cc(S(=O)(=O)NCc2ccc(F)cc2F)ccc1Cl. The number of halogens is 3. The first kappa shape index (κ1) is 15.7. The smallest absolute Gasteiger partial charge is 0.240 e. The monoisotopic (exact) mass is 332 g/mol. The summed E-state index contributed by atoms with van der Waals surface area (Å²) in [7, 11) is -3.87. The second-order valence-corrected chi connectivity index (χ2v) is 6.42. The molecule has 0 heterocycles. The molecule has 0 amide bonds. The number of nitrogens with one attached hydrogen (secondary N) is 1. The molecule has 2 aromatic rings. The number of benzene rings is 2. The largest absolute Gasteiger partial charge is 0.397 e. The second kappa shape index (κ2) is 5.97. The molecule has 8 heteroatoms. The molecule has 112 valence electrons. The third kappa shape index (κ3) is 3.69. The third-order valence-corrected chi connectivity index (χ3v) is 4.49. The standard InChI is InChI=1S/C13H11ClF2N2O2S/c14-11-4-3-10(6-13(11)17)21(19,20)18-7-8-1-2-9(15)5-12(8)16/h1-6,18H,7,17H2. The van der Waals surface area contributed by atoms with Gasteiger partial charge in [-0.25, -0.2) is 21.9 Å². The minimum absolute atomic E-state index is 0.0295. The number of hydrogen-bond donors (Lipinski definition) is 2. The van der Waals surface area contributed by atoms with Gasteiger partial charge in [-0.05, 0) is 24.3 Å². The Morgan fingerprint density at radius 3 is 2.48 bits per heavy atom. The van der Waals surface area contributed by atoms with Crippen molar-refractivity contribution in [1.82, 2.24) is 4.72 Å². The highest BCUT2D eigenvalue weighted by molar-refractivity contribution is 7.89. The third-order valence-electron chi connectivity index (χ3n) is 2.75. The van der Waals surface area contributed by atoms with Crippen molar-refractivity contribution in [3.8, 4) is 0 Å². The fraction of sp³-hybridized carbons (Fsp3) is 0.0769. The summed E-state index contributed by atoms with van der Waals surface area (Å²) >= 11 is 5.71. The molecule has 0 atom stereocenters. The minimum Gasteiger partial charge on any atom is -0.397 e. The molecule has 0 saturated carbocycles. The zero-order valence-corrected chi connectivity index (χ0v) is 12.2. The molecular formula is C13H11ClF2N2O2S. The van der Waals surface area contributed by atoms with Crippen LogP contribution in [-0.4, -0.2) is 8.42 Å². The maximum atomic E-state index is 13.4. The van der Waals surface area contributed by atoms with E-state index in [0.717, 1.165) is 6.07 Å². The van der Waals surface area contributed by atoms with Gasteiger partial charge in [-0.15, -0.1) is 0 Å². The molecule has 0 fully saturated rings. The van der Waals surface area contributed by atoms with E-state index in [1.54, 1.807) is 0 Å². The Balaban J connectivity index is 2.19. The molecule has 0 aliphatic heterocycles. The summed E-state index contributed by atoms with van der Waals surface area (Å²) < 4.78 is 52.5. The van der Waals surface area contributed by atoms with Gasteiger partial charge in [0.2, 0.25) is 10.0 Å². The molecule has 3 N–H and O–H groups in total. The molecule has 0 aliphatic carbocycles. The molecule has 0 aliphatic rings. The van der Waals surface area contributed by atoms with Gasteiger partial charge in [-0.3, -0.25) is 0 Å². The van der Waals surface area contributed by atoms with Crippen molar-refractivity contribution >= 4 is 27.3 Å². The zero-order valence-electron chi connectivity index (χ0n) is 10.6. The Morgan fingerprint density at radius 2 is 1.86 bits per heavy atom. The van der Waals surface area contributed by atoms with Gasteiger partial charge >= 0.3 is 0 Å². The van der Waals surface area contributed by atoms with Gasteiger partial charge < -0.3 is 5.73 Å². The van der Waals surface area contributed by atoms with Crippen LogP contribution in [0.25, 0.3) is 0 Å². The van der Waals surface area contributed by atoms with Crippen molar-refractivity contribution in [2.45, 2.75) is 11.4 Å². The van der Waals surface area contributed by atoms with Crippen LogP contribution in [0.15, 0.2) is 41.3 Å². The van der Waals surface area contributed by atoms with Crippen LogP contribution in [0, 0.1) is 11.6 Å². The fourth-order valence-corrected chi connectivity index (χ4v) is 2.77. The molecule has 2 aromatic carbocycles. The Hall–Kier alpha value is -1.70. The number of nitrogen functional groups attached to an aromatic ring is 1. The predicted molar refractivity (Wildman–Crippen MR) is 76.2 cm³/mol. The van der Waals surface area contributed by atoms with Crippen LogP contribution in [0.2, 0.25) is 5.02 Å². The minimum atomic E-state index is -3.87. The average molecular weight is 333 g/mol. The number of sulfonamides is 1. The maximum Gasteiger partial charge on any atom is 0.240 e. The van der Waals surface area contributed by atoms with Crippen LogP contribution >= 0.6 is 11.6 Å². The van der Waals surface area contributed by atoms with Crippen LogP contribution in [0.4, 0.5) is 14.5 Å². The Bertz CT molecular complexity index is 782. The van der Waals surface area contributed by atoms with Crippen molar-refractivity contribution in [2.24, 2.45) is 0 Å². The number of anilines is 1. The van der Waals surface area contributed by atoms with E-state index in [4.69, 9.17) is 17.3 Å². The number of nitrogens with two attached hydrogens (primary N) is 1. The first-order valence-electron chi connectivity index (χ1n) is 5.78. The van der Waals surface area contributed by atoms with Gasteiger partial charge in [0.05, 0.1) is 15.6 Å². The van der Waals surface area contributed by atoms with Gasteiger partial charge in [0.1, 0.15) is 11.6 Å². The van der Waals surface area contributed by atoms with Gasteiger partial charge in [0.25, 0.3) is 0 Å². The summed E-state index contributed by atoms with van der Waals surface area (Å²) in [6.45, 7) is -0.309.